The van der Waals surface area contributed by atoms with Crippen molar-refractivity contribution in [3.63, 3.8) is 0 Å². The predicted octanol–water partition coefficient (Wildman–Crippen LogP) is 3.27. The van der Waals surface area contributed by atoms with Crippen molar-refractivity contribution in [1.29, 1.82) is 0 Å². The fourth-order valence-electron chi connectivity index (χ4n) is 2.62. The summed E-state index contributed by atoms with van der Waals surface area (Å²) in [4.78, 5) is 0. The first kappa shape index (κ1) is 25.5. The second kappa shape index (κ2) is 8.32. The highest BCUT2D eigenvalue weighted by Gasteiger charge is 2.37. The van der Waals surface area contributed by atoms with Crippen LogP contribution in [0.2, 0.25) is 0 Å². The van der Waals surface area contributed by atoms with Crippen LogP contribution in [-0.4, -0.2) is 30.9 Å². The summed E-state index contributed by atoms with van der Waals surface area (Å²) in [7, 11) is -9.73. The normalized spacial score (nSPS) is 13.0. The van der Waals surface area contributed by atoms with E-state index in [4.69, 9.17) is 13.0 Å². The molecule has 0 aliphatic heterocycles. The van der Waals surface area contributed by atoms with Crippen LogP contribution in [0.25, 0.3) is 22.4 Å². The van der Waals surface area contributed by atoms with E-state index < -0.39 is 37.8 Å². The van der Waals surface area contributed by atoms with Crippen molar-refractivity contribution in [2.75, 3.05) is 0 Å². The molecule has 0 bridgehead atoms. The summed E-state index contributed by atoms with van der Waals surface area (Å²) in [6, 6.07) is 10.1. The molecule has 0 saturated carbocycles. The minimum atomic E-state index is -6.09. The van der Waals surface area contributed by atoms with Crippen LogP contribution >= 0.6 is 0 Å². The van der Waals surface area contributed by atoms with Gasteiger partial charge in [0.1, 0.15) is 0 Å². The van der Waals surface area contributed by atoms with Crippen molar-refractivity contribution in [3.05, 3.63) is 54.1 Å². The van der Waals surface area contributed by atoms with Gasteiger partial charge >= 0.3 is 27.9 Å². The summed E-state index contributed by atoms with van der Waals surface area (Å²) >= 11 is 0. The Hall–Kier alpha value is -2.72. The molecular formula is C16H11F7N2O5S2. The highest BCUT2D eigenvalue weighted by atomic mass is 32.3. The SMILES string of the molecule is C[n+]1c(-c2ccc(C(F)(F)F)cc2)n(S(=O)(=O)F)c2ccccc21.O=S(=O)([O-])C(F)(F)F. The molecule has 7 nitrogen and oxygen atoms in total. The molecule has 0 amide bonds. The maximum atomic E-state index is 13.8. The van der Waals surface area contributed by atoms with Gasteiger partial charge in [-0.3, -0.25) is 0 Å². The van der Waals surface area contributed by atoms with Crippen molar-refractivity contribution in [2.45, 2.75) is 11.7 Å². The van der Waals surface area contributed by atoms with Crippen LogP contribution in [0.4, 0.5) is 30.2 Å². The van der Waals surface area contributed by atoms with E-state index in [0.29, 0.717) is 9.49 Å². The van der Waals surface area contributed by atoms with Gasteiger partial charge in [0.25, 0.3) is 0 Å². The molecule has 0 saturated heterocycles. The van der Waals surface area contributed by atoms with Gasteiger partial charge in [-0.1, -0.05) is 20.0 Å². The Morgan fingerprint density at radius 3 is 1.75 bits per heavy atom. The maximum absolute atomic E-state index is 13.8. The Labute approximate surface area is 176 Å². The fraction of sp³-hybridized carbons (Fsp3) is 0.188. The first-order valence-corrected chi connectivity index (χ1v) is 10.7. The Morgan fingerprint density at radius 2 is 1.34 bits per heavy atom. The molecule has 0 unspecified atom stereocenters. The number of para-hydroxylation sites is 2. The van der Waals surface area contributed by atoms with E-state index in [1.807, 2.05) is 0 Å². The summed E-state index contributed by atoms with van der Waals surface area (Å²) in [5.74, 6) is -0.0765. The van der Waals surface area contributed by atoms with Crippen LogP contribution in [0, 0.1) is 0 Å². The third-order valence-electron chi connectivity index (χ3n) is 3.94. The fourth-order valence-corrected chi connectivity index (χ4v) is 3.45. The largest absolute Gasteiger partial charge is 0.741 e. The zero-order valence-electron chi connectivity index (χ0n) is 15.5. The molecule has 0 radical (unpaired) electrons. The zero-order chi connectivity index (χ0) is 24.7. The van der Waals surface area contributed by atoms with Gasteiger partial charge in [-0.2, -0.15) is 34.8 Å². The number of hydrogen-bond acceptors (Lipinski definition) is 5. The first-order chi connectivity index (χ1) is 14.4. The molecule has 0 aliphatic carbocycles. The minimum absolute atomic E-state index is 0.0765. The molecule has 1 aromatic heterocycles. The van der Waals surface area contributed by atoms with Crippen LogP contribution in [-0.2, 0) is 33.8 Å². The van der Waals surface area contributed by atoms with Crippen molar-refractivity contribution in [3.8, 4) is 11.4 Å². The van der Waals surface area contributed by atoms with E-state index >= 15 is 0 Å². The van der Waals surface area contributed by atoms with Gasteiger partial charge < -0.3 is 4.55 Å². The summed E-state index contributed by atoms with van der Waals surface area (Å²) in [5.41, 5.74) is -5.86. The third kappa shape index (κ3) is 5.36. The number of nitrogens with zero attached hydrogens (tertiary/aromatic N) is 2. The van der Waals surface area contributed by atoms with Gasteiger partial charge in [0, 0.05) is 0 Å². The standard InChI is InChI=1S/C15H11F4N2O2S.CHF3O3S/c1-20-12-4-2-3-5-13(12)21(24(19,22)23)14(20)10-6-8-11(9-7-10)15(16,17)18;2-1(3,4)8(5,6)7/h2-9H,1H3;(H,5,6,7)/q+1;/p-1. The monoisotopic (exact) mass is 508 g/mol. The Balaban J connectivity index is 0.000000390. The summed E-state index contributed by atoms with van der Waals surface area (Å²) in [5, 5.41) is 0. The van der Waals surface area contributed by atoms with Crippen molar-refractivity contribution in [1.82, 2.24) is 3.97 Å². The second-order valence-electron chi connectivity index (χ2n) is 6.05. The van der Waals surface area contributed by atoms with E-state index in [2.05, 4.69) is 0 Å². The van der Waals surface area contributed by atoms with E-state index in [-0.39, 0.29) is 16.9 Å². The molecule has 32 heavy (non-hydrogen) atoms. The lowest BCUT2D eigenvalue weighted by molar-refractivity contribution is -0.633. The van der Waals surface area contributed by atoms with Crippen LogP contribution < -0.4 is 4.57 Å². The van der Waals surface area contributed by atoms with Crippen LogP contribution in [0.15, 0.2) is 48.5 Å². The molecule has 3 rings (SSSR count). The number of aryl methyl sites for hydroxylation is 1. The van der Waals surface area contributed by atoms with Crippen LogP contribution in [0.1, 0.15) is 5.56 Å². The molecule has 0 aliphatic rings. The predicted molar refractivity (Wildman–Crippen MR) is 94.7 cm³/mol. The molecule has 0 fully saturated rings. The van der Waals surface area contributed by atoms with Gasteiger partial charge in [0.2, 0.25) is 0 Å². The third-order valence-corrected chi connectivity index (χ3v) is 5.32. The minimum Gasteiger partial charge on any atom is -0.741 e. The Bertz CT molecular complexity index is 1340. The first-order valence-electron chi connectivity index (χ1n) is 8.00. The van der Waals surface area contributed by atoms with E-state index in [1.165, 1.54) is 17.7 Å². The summed E-state index contributed by atoms with van der Waals surface area (Å²) < 4.78 is 136. The summed E-state index contributed by atoms with van der Waals surface area (Å²) in [6.07, 6.45) is -4.51. The average Bonchev–Trinajstić information content (AvgIpc) is 2.93. The van der Waals surface area contributed by atoms with Crippen LogP contribution in [0.5, 0.6) is 0 Å². The van der Waals surface area contributed by atoms with Gasteiger partial charge in [0.15, 0.2) is 21.2 Å². The van der Waals surface area contributed by atoms with Crippen LogP contribution in [0.3, 0.4) is 0 Å². The van der Waals surface area contributed by atoms with Gasteiger partial charge in [-0.15, -0.1) is 0 Å². The van der Waals surface area contributed by atoms with Gasteiger partial charge in [-0.25, -0.2) is 13.0 Å². The van der Waals surface area contributed by atoms with Crippen molar-refractivity contribution in [2.24, 2.45) is 7.05 Å². The molecule has 1 heterocycles. The zero-order valence-corrected chi connectivity index (χ0v) is 17.1. The smallest absolute Gasteiger partial charge is 0.485 e. The van der Waals surface area contributed by atoms with E-state index in [1.54, 1.807) is 18.2 Å². The highest BCUT2D eigenvalue weighted by molar-refractivity contribution is 7.86. The molecular weight excluding hydrogens is 497 g/mol. The lowest BCUT2D eigenvalue weighted by atomic mass is 10.1. The number of hydrogen-bond donors (Lipinski definition) is 0. The average molecular weight is 508 g/mol. The quantitative estimate of drug-likeness (QED) is 0.174. The van der Waals surface area contributed by atoms with E-state index in [0.717, 1.165) is 24.3 Å². The highest BCUT2D eigenvalue weighted by Crippen LogP contribution is 2.31. The lowest BCUT2D eigenvalue weighted by Crippen LogP contribution is -2.31. The number of halogens is 7. The second-order valence-corrected chi connectivity index (χ2v) is 8.61. The number of fused-ring (bicyclic) bond motifs is 1. The van der Waals surface area contributed by atoms with Gasteiger partial charge in [-0.05, 0) is 36.4 Å². The topological polar surface area (TPSA) is 100 Å². The van der Waals surface area contributed by atoms with Crippen molar-refractivity contribution >= 4 is 31.6 Å². The van der Waals surface area contributed by atoms with Gasteiger partial charge in [0.05, 0.1) is 18.2 Å². The number of imidazole rings is 1. The molecule has 0 spiro atoms. The molecule has 2 aromatic carbocycles. The molecule has 0 N–H and O–H groups in total. The lowest BCUT2D eigenvalue weighted by Gasteiger charge is -2.08. The van der Waals surface area contributed by atoms with E-state index in [9.17, 15) is 38.6 Å². The van der Waals surface area contributed by atoms with Crippen molar-refractivity contribution < 1.29 is 56.2 Å². The molecule has 3 aromatic rings. The Kier molecular flexibility index (Phi) is 6.64. The molecule has 176 valence electrons. The maximum Gasteiger partial charge on any atom is 0.485 e. The summed E-state index contributed by atoms with van der Waals surface area (Å²) in [6.45, 7) is 0. The molecule has 0 atom stereocenters. The number of benzene rings is 2. The Morgan fingerprint density at radius 1 is 0.875 bits per heavy atom. The number of alkyl halides is 6. The number of rotatable bonds is 2. The number of aromatic nitrogens is 2. The molecule has 16 heteroatoms.